The van der Waals surface area contributed by atoms with Gasteiger partial charge in [-0.25, -0.2) is 13.1 Å². The first-order valence-electron chi connectivity index (χ1n) is 8.30. The number of fused-ring (bicyclic) bond motifs is 2. The fourth-order valence-electron chi connectivity index (χ4n) is 3.24. The van der Waals surface area contributed by atoms with Crippen LogP contribution in [-0.4, -0.2) is 8.42 Å². The molecule has 5 heteroatoms. The largest absolute Gasteiger partial charge is 0.398 e. The van der Waals surface area contributed by atoms with E-state index in [1.165, 1.54) is 0 Å². The van der Waals surface area contributed by atoms with Gasteiger partial charge in [-0.15, -0.1) is 0 Å². The number of rotatable bonds is 4. The van der Waals surface area contributed by atoms with Gasteiger partial charge in [0.05, 0.1) is 4.90 Å². The lowest BCUT2D eigenvalue weighted by atomic mass is 10.1. The van der Waals surface area contributed by atoms with Crippen LogP contribution >= 0.6 is 0 Å². The Morgan fingerprint density at radius 3 is 2.27 bits per heavy atom. The maximum atomic E-state index is 12.9. The maximum absolute atomic E-state index is 12.9. The van der Waals surface area contributed by atoms with E-state index in [0.717, 1.165) is 21.7 Å². The monoisotopic (exact) mass is 362 g/mol. The van der Waals surface area contributed by atoms with Gasteiger partial charge in [-0.2, -0.15) is 0 Å². The lowest BCUT2D eigenvalue weighted by Crippen LogP contribution is -2.23. The average molecular weight is 362 g/mol. The van der Waals surface area contributed by atoms with Crippen LogP contribution in [-0.2, 0) is 16.6 Å². The summed E-state index contributed by atoms with van der Waals surface area (Å²) < 4.78 is 28.6. The first-order chi connectivity index (χ1) is 12.6. The van der Waals surface area contributed by atoms with Crippen molar-refractivity contribution in [3.63, 3.8) is 0 Å². The van der Waals surface area contributed by atoms with Gasteiger partial charge in [-0.3, -0.25) is 0 Å². The summed E-state index contributed by atoms with van der Waals surface area (Å²) in [5.41, 5.74) is 7.48. The highest BCUT2D eigenvalue weighted by Crippen LogP contribution is 2.27. The fourth-order valence-corrected chi connectivity index (χ4v) is 4.46. The summed E-state index contributed by atoms with van der Waals surface area (Å²) in [4.78, 5) is 0.238. The minimum absolute atomic E-state index is 0.225. The molecule has 4 aromatic rings. The Morgan fingerprint density at radius 2 is 1.38 bits per heavy atom. The molecule has 0 spiro atoms. The molecule has 26 heavy (non-hydrogen) atoms. The molecule has 0 aliphatic heterocycles. The molecule has 0 aliphatic carbocycles. The van der Waals surface area contributed by atoms with E-state index in [-0.39, 0.29) is 11.4 Å². The van der Waals surface area contributed by atoms with E-state index >= 15 is 0 Å². The van der Waals surface area contributed by atoms with Gasteiger partial charge in [0.25, 0.3) is 0 Å². The lowest BCUT2D eigenvalue weighted by Gasteiger charge is -2.12. The zero-order chi connectivity index (χ0) is 18.1. The number of hydrogen-bond donors (Lipinski definition) is 2. The van der Waals surface area contributed by atoms with Crippen molar-refractivity contribution in [1.82, 2.24) is 4.72 Å². The van der Waals surface area contributed by atoms with Gasteiger partial charge in [0.15, 0.2) is 0 Å². The van der Waals surface area contributed by atoms with Crippen LogP contribution in [0.3, 0.4) is 0 Å². The van der Waals surface area contributed by atoms with E-state index in [0.29, 0.717) is 11.1 Å². The molecule has 0 aromatic heterocycles. The second-order valence-electron chi connectivity index (χ2n) is 6.16. The van der Waals surface area contributed by atoms with Crippen LogP contribution in [0, 0.1) is 0 Å². The number of nitrogens with one attached hydrogen (secondary N) is 1. The van der Waals surface area contributed by atoms with Crippen molar-refractivity contribution in [3.05, 3.63) is 84.4 Å². The SMILES string of the molecule is Nc1cccc2c(S(=O)(=O)NCc3cccc4ccccc34)cccc12. The summed E-state index contributed by atoms with van der Waals surface area (Å²) in [6.07, 6.45) is 0. The highest BCUT2D eigenvalue weighted by Gasteiger charge is 2.18. The summed E-state index contributed by atoms with van der Waals surface area (Å²) in [5, 5.41) is 3.49. The predicted molar refractivity (Wildman–Crippen MR) is 106 cm³/mol. The minimum Gasteiger partial charge on any atom is -0.398 e. The third-order valence-corrected chi connectivity index (χ3v) is 6.00. The molecule has 0 heterocycles. The molecule has 0 saturated heterocycles. The molecular formula is C21H18N2O2S. The van der Waals surface area contributed by atoms with E-state index in [4.69, 9.17) is 5.73 Å². The van der Waals surface area contributed by atoms with Gasteiger partial charge in [0.1, 0.15) is 0 Å². The van der Waals surface area contributed by atoms with Crippen molar-refractivity contribution in [2.45, 2.75) is 11.4 Å². The summed E-state index contributed by atoms with van der Waals surface area (Å²) in [7, 11) is -3.68. The molecule has 0 radical (unpaired) electrons. The number of benzene rings is 4. The van der Waals surface area contributed by atoms with Crippen molar-refractivity contribution in [1.29, 1.82) is 0 Å². The summed E-state index contributed by atoms with van der Waals surface area (Å²) >= 11 is 0. The number of nitrogen functional groups attached to an aromatic ring is 1. The summed E-state index contributed by atoms with van der Waals surface area (Å²) in [5.74, 6) is 0. The Labute approximate surface area is 152 Å². The highest BCUT2D eigenvalue weighted by atomic mass is 32.2. The smallest absolute Gasteiger partial charge is 0.241 e. The molecule has 0 aliphatic rings. The number of nitrogens with two attached hydrogens (primary N) is 1. The first-order valence-corrected chi connectivity index (χ1v) is 9.78. The third kappa shape index (κ3) is 2.92. The molecular weight excluding hydrogens is 344 g/mol. The third-order valence-electron chi connectivity index (χ3n) is 4.54. The van der Waals surface area contributed by atoms with Crippen molar-refractivity contribution < 1.29 is 8.42 Å². The van der Waals surface area contributed by atoms with E-state index in [1.807, 2.05) is 48.5 Å². The molecule has 3 N–H and O–H groups in total. The fraction of sp³-hybridized carbons (Fsp3) is 0.0476. The molecule has 4 nitrogen and oxygen atoms in total. The Hall–Kier alpha value is -2.89. The van der Waals surface area contributed by atoms with Crippen LogP contribution in [0.15, 0.2) is 83.8 Å². The second-order valence-corrected chi connectivity index (χ2v) is 7.90. The number of hydrogen-bond acceptors (Lipinski definition) is 3. The Balaban J connectivity index is 1.71. The molecule has 0 fully saturated rings. The molecule has 0 bridgehead atoms. The standard InChI is InChI=1S/C21H18N2O2S/c22-20-12-4-11-19-18(20)10-5-13-21(19)26(24,25)23-14-16-8-3-7-15-6-1-2-9-17(15)16/h1-13,23H,14,22H2. The van der Waals surface area contributed by atoms with Crippen LogP contribution in [0.2, 0.25) is 0 Å². The molecule has 4 aromatic carbocycles. The summed E-state index contributed by atoms with van der Waals surface area (Å²) in [6, 6.07) is 24.3. The molecule has 130 valence electrons. The van der Waals surface area contributed by atoms with E-state index in [1.54, 1.807) is 30.3 Å². The second kappa shape index (κ2) is 6.44. The number of anilines is 1. The van der Waals surface area contributed by atoms with Gasteiger partial charge in [0.2, 0.25) is 10.0 Å². The van der Waals surface area contributed by atoms with Gasteiger partial charge >= 0.3 is 0 Å². The molecule has 0 atom stereocenters. The van der Waals surface area contributed by atoms with Crippen molar-refractivity contribution >= 4 is 37.3 Å². The van der Waals surface area contributed by atoms with Crippen molar-refractivity contribution in [2.24, 2.45) is 0 Å². The maximum Gasteiger partial charge on any atom is 0.241 e. The minimum atomic E-state index is -3.68. The van der Waals surface area contributed by atoms with Gasteiger partial charge in [0, 0.05) is 23.0 Å². The van der Waals surface area contributed by atoms with E-state index in [9.17, 15) is 8.42 Å². The van der Waals surface area contributed by atoms with Crippen LogP contribution in [0.5, 0.6) is 0 Å². The number of sulfonamides is 1. The van der Waals surface area contributed by atoms with E-state index in [2.05, 4.69) is 4.72 Å². The van der Waals surface area contributed by atoms with Gasteiger partial charge < -0.3 is 5.73 Å². The Morgan fingerprint density at radius 1 is 0.731 bits per heavy atom. The zero-order valence-corrected chi connectivity index (χ0v) is 14.8. The first kappa shape index (κ1) is 16.6. The van der Waals surface area contributed by atoms with Crippen LogP contribution < -0.4 is 10.5 Å². The average Bonchev–Trinajstić information content (AvgIpc) is 2.66. The van der Waals surface area contributed by atoms with Gasteiger partial charge in [-0.1, -0.05) is 66.7 Å². The molecule has 0 amide bonds. The van der Waals surface area contributed by atoms with Gasteiger partial charge in [-0.05, 0) is 28.5 Å². The normalized spacial score (nSPS) is 11.8. The van der Waals surface area contributed by atoms with Crippen molar-refractivity contribution in [3.8, 4) is 0 Å². The zero-order valence-electron chi connectivity index (χ0n) is 14.0. The molecule has 0 unspecified atom stereocenters. The molecule has 4 rings (SSSR count). The Kier molecular flexibility index (Phi) is 4.11. The Bertz CT molecular complexity index is 1210. The highest BCUT2D eigenvalue weighted by molar-refractivity contribution is 7.89. The van der Waals surface area contributed by atoms with Crippen molar-refractivity contribution in [2.75, 3.05) is 5.73 Å². The summed E-state index contributed by atoms with van der Waals surface area (Å²) in [6.45, 7) is 0.225. The quantitative estimate of drug-likeness (QED) is 0.538. The van der Waals surface area contributed by atoms with E-state index < -0.39 is 10.0 Å². The predicted octanol–water partition coefficient (Wildman–Crippen LogP) is 4.05. The topological polar surface area (TPSA) is 72.2 Å². The molecule has 0 saturated carbocycles. The lowest BCUT2D eigenvalue weighted by molar-refractivity contribution is 0.582. The van der Waals surface area contributed by atoms with Crippen LogP contribution in [0.1, 0.15) is 5.56 Å². The van der Waals surface area contributed by atoms with Crippen LogP contribution in [0.25, 0.3) is 21.5 Å². The van der Waals surface area contributed by atoms with Crippen LogP contribution in [0.4, 0.5) is 5.69 Å².